The number of nitrogens with zero attached hydrogens (tertiary/aromatic N) is 3. The Labute approximate surface area is 111 Å². The third-order valence-corrected chi connectivity index (χ3v) is 4.39. The summed E-state index contributed by atoms with van der Waals surface area (Å²) >= 11 is 1.72. The summed E-state index contributed by atoms with van der Waals surface area (Å²) in [4.78, 5) is 11.0. The lowest BCUT2D eigenvalue weighted by atomic mass is 10.0. The monoisotopic (exact) mass is 262 g/mol. The maximum atomic E-state index is 4.44. The quantitative estimate of drug-likeness (QED) is 0.921. The van der Waals surface area contributed by atoms with Crippen molar-refractivity contribution >= 4 is 27.4 Å². The van der Waals surface area contributed by atoms with Gasteiger partial charge in [-0.1, -0.05) is 6.42 Å². The van der Waals surface area contributed by atoms with Crippen LogP contribution >= 0.6 is 11.3 Å². The van der Waals surface area contributed by atoms with Gasteiger partial charge in [-0.15, -0.1) is 11.3 Å². The predicted molar refractivity (Wildman–Crippen MR) is 76.3 cm³/mol. The van der Waals surface area contributed by atoms with Gasteiger partial charge < -0.3 is 10.2 Å². The van der Waals surface area contributed by atoms with Gasteiger partial charge >= 0.3 is 0 Å². The van der Waals surface area contributed by atoms with E-state index >= 15 is 0 Å². The lowest BCUT2D eigenvalue weighted by Gasteiger charge is -2.28. The Balaban J connectivity index is 1.78. The van der Waals surface area contributed by atoms with Crippen LogP contribution in [0.1, 0.15) is 19.3 Å². The molecule has 0 amide bonds. The zero-order valence-corrected chi connectivity index (χ0v) is 11.4. The molecule has 1 saturated heterocycles. The molecular weight excluding hydrogens is 244 g/mol. The van der Waals surface area contributed by atoms with Gasteiger partial charge in [0.25, 0.3) is 0 Å². The number of rotatable bonds is 3. The van der Waals surface area contributed by atoms with Gasteiger partial charge in [-0.2, -0.15) is 0 Å². The summed E-state index contributed by atoms with van der Waals surface area (Å²) < 4.78 is 1.19. The minimum atomic E-state index is 0.591. The normalized spacial score (nSPS) is 20.2. The van der Waals surface area contributed by atoms with E-state index in [0.29, 0.717) is 6.04 Å². The van der Waals surface area contributed by atoms with Crippen molar-refractivity contribution in [1.29, 1.82) is 0 Å². The molecule has 2 aromatic heterocycles. The highest BCUT2D eigenvalue weighted by Gasteiger charge is 2.17. The Morgan fingerprint density at radius 2 is 2.39 bits per heavy atom. The minimum absolute atomic E-state index is 0.591. The predicted octanol–water partition coefficient (Wildman–Crippen LogP) is 2.27. The van der Waals surface area contributed by atoms with Crippen molar-refractivity contribution in [3.8, 4) is 0 Å². The molecule has 5 heteroatoms. The van der Waals surface area contributed by atoms with E-state index in [-0.39, 0.29) is 0 Å². The second-order valence-corrected chi connectivity index (χ2v) is 5.78. The molecule has 1 unspecified atom stereocenters. The summed E-state index contributed by atoms with van der Waals surface area (Å²) in [6.45, 7) is 2.17. The molecule has 3 rings (SSSR count). The second kappa shape index (κ2) is 5.20. The Bertz CT molecular complexity index is 518. The molecule has 2 aromatic rings. The SMILES string of the molecule is CN(CC1CCCCN1)c1ncnc2ccsc12. The average molecular weight is 262 g/mol. The lowest BCUT2D eigenvalue weighted by Crippen LogP contribution is -2.42. The number of aromatic nitrogens is 2. The number of anilines is 1. The molecule has 0 bridgehead atoms. The van der Waals surface area contributed by atoms with Crippen molar-refractivity contribution in [2.24, 2.45) is 0 Å². The third kappa shape index (κ3) is 2.33. The lowest BCUT2D eigenvalue weighted by molar-refractivity contribution is 0.403. The van der Waals surface area contributed by atoms with Gasteiger partial charge in [-0.05, 0) is 30.8 Å². The van der Waals surface area contributed by atoms with E-state index in [1.54, 1.807) is 17.7 Å². The zero-order valence-electron chi connectivity index (χ0n) is 10.6. The van der Waals surface area contributed by atoms with Gasteiger partial charge in [0.05, 0.1) is 10.2 Å². The molecule has 4 nitrogen and oxygen atoms in total. The van der Waals surface area contributed by atoms with Crippen molar-refractivity contribution in [3.63, 3.8) is 0 Å². The maximum Gasteiger partial charge on any atom is 0.149 e. The number of hydrogen-bond acceptors (Lipinski definition) is 5. The van der Waals surface area contributed by atoms with E-state index in [1.807, 2.05) is 0 Å². The van der Waals surface area contributed by atoms with E-state index in [0.717, 1.165) is 24.4 Å². The van der Waals surface area contributed by atoms with Crippen LogP contribution in [0.5, 0.6) is 0 Å². The molecule has 1 N–H and O–H groups in total. The van der Waals surface area contributed by atoms with Gasteiger partial charge in [0.2, 0.25) is 0 Å². The van der Waals surface area contributed by atoms with Crippen LogP contribution in [0.4, 0.5) is 5.82 Å². The van der Waals surface area contributed by atoms with Gasteiger partial charge in [0.15, 0.2) is 0 Å². The van der Waals surface area contributed by atoms with Gasteiger partial charge in [-0.25, -0.2) is 9.97 Å². The van der Waals surface area contributed by atoms with E-state index in [9.17, 15) is 0 Å². The Morgan fingerprint density at radius 1 is 1.44 bits per heavy atom. The standard InChI is InChI=1S/C13H18N4S/c1-17(8-10-4-2-3-6-14-10)13-12-11(5-7-18-12)15-9-16-13/h5,7,9-10,14H,2-4,6,8H2,1H3. The van der Waals surface area contributed by atoms with Crippen LogP contribution in [0.2, 0.25) is 0 Å². The second-order valence-electron chi connectivity index (χ2n) is 4.86. The first-order valence-electron chi connectivity index (χ1n) is 6.47. The van der Waals surface area contributed by atoms with Gasteiger partial charge in [0.1, 0.15) is 12.1 Å². The Morgan fingerprint density at radius 3 is 3.22 bits per heavy atom. The number of thiophene rings is 1. The smallest absolute Gasteiger partial charge is 0.149 e. The fraction of sp³-hybridized carbons (Fsp3) is 0.538. The summed E-state index contributed by atoms with van der Waals surface area (Å²) in [5, 5.41) is 5.66. The van der Waals surface area contributed by atoms with E-state index in [4.69, 9.17) is 0 Å². The fourth-order valence-corrected chi connectivity index (χ4v) is 3.43. The largest absolute Gasteiger partial charge is 0.357 e. The van der Waals surface area contributed by atoms with Gasteiger partial charge in [0, 0.05) is 19.6 Å². The molecular formula is C13H18N4S. The Kier molecular flexibility index (Phi) is 3.43. The van der Waals surface area contributed by atoms with Crippen molar-refractivity contribution in [3.05, 3.63) is 17.8 Å². The van der Waals surface area contributed by atoms with Crippen LogP contribution in [0, 0.1) is 0 Å². The molecule has 1 aliphatic heterocycles. The van der Waals surface area contributed by atoms with Crippen LogP contribution < -0.4 is 10.2 Å². The summed E-state index contributed by atoms with van der Waals surface area (Å²) in [7, 11) is 2.12. The first-order valence-corrected chi connectivity index (χ1v) is 7.35. The van der Waals surface area contributed by atoms with Crippen molar-refractivity contribution < 1.29 is 0 Å². The summed E-state index contributed by atoms with van der Waals surface area (Å²) in [6, 6.07) is 2.64. The number of nitrogens with one attached hydrogen (secondary N) is 1. The Hall–Kier alpha value is -1.20. The highest BCUT2D eigenvalue weighted by Crippen LogP contribution is 2.27. The summed E-state index contributed by atoms with van der Waals surface area (Å²) in [5.41, 5.74) is 1.05. The molecule has 0 spiro atoms. The first kappa shape index (κ1) is 11.9. The average Bonchev–Trinajstić information content (AvgIpc) is 2.87. The molecule has 3 heterocycles. The first-order chi connectivity index (χ1) is 8.84. The number of fused-ring (bicyclic) bond motifs is 1. The molecule has 1 aliphatic rings. The maximum absolute atomic E-state index is 4.44. The summed E-state index contributed by atoms with van der Waals surface area (Å²) in [5.74, 6) is 1.06. The molecule has 1 fully saturated rings. The number of piperidine rings is 1. The molecule has 96 valence electrons. The molecule has 1 atom stereocenters. The van der Waals surface area contributed by atoms with Crippen LogP contribution in [0.15, 0.2) is 17.8 Å². The van der Waals surface area contributed by atoms with E-state index in [2.05, 4.69) is 38.7 Å². The minimum Gasteiger partial charge on any atom is -0.357 e. The fourth-order valence-electron chi connectivity index (χ4n) is 2.54. The van der Waals surface area contributed by atoms with Crippen molar-refractivity contribution in [1.82, 2.24) is 15.3 Å². The summed E-state index contributed by atoms with van der Waals surface area (Å²) in [6.07, 6.45) is 5.57. The van der Waals surface area contributed by atoms with Crippen molar-refractivity contribution in [2.45, 2.75) is 25.3 Å². The topological polar surface area (TPSA) is 41.0 Å². The van der Waals surface area contributed by atoms with Crippen LogP contribution in [0.25, 0.3) is 10.2 Å². The van der Waals surface area contributed by atoms with Crippen LogP contribution in [-0.2, 0) is 0 Å². The number of likely N-dealkylation sites (N-methyl/N-ethyl adjacent to an activating group) is 1. The third-order valence-electron chi connectivity index (χ3n) is 3.49. The molecule has 0 aliphatic carbocycles. The number of hydrogen-bond donors (Lipinski definition) is 1. The van der Waals surface area contributed by atoms with E-state index < -0.39 is 0 Å². The van der Waals surface area contributed by atoms with Crippen LogP contribution in [-0.4, -0.2) is 36.1 Å². The molecule has 18 heavy (non-hydrogen) atoms. The molecule has 0 radical (unpaired) electrons. The van der Waals surface area contributed by atoms with Crippen LogP contribution in [0.3, 0.4) is 0 Å². The zero-order chi connectivity index (χ0) is 12.4. The van der Waals surface area contributed by atoms with Crippen molar-refractivity contribution in [2.75, 3.05) is 25.0 Å². The van der Waals surface area contributed by atoms with E-state index in [1.165, 1.54) is 24.0 Å². The molecule has 0 aromatic carbocycles. The highest BCUT2D eigenvalue weighted by molar-refractivity contribution is 7.17. The van der Waals surface area contributed by atoms with Gasteiger partial charge in [-0.3, -0.25) is 0 Å². The molecule has 0 saturated carbocycles. The highest BCUT2D eigenvalue weighted by atomic mass is 32.1.